The molecule has 0 aliphatic heterocycles. The minimum absolute atomic E-state index is 0.641. The molecule has 0 saturated heterocycles. The van der Waals surface area contributed by atoms with Crippen LogP contribution < -0.4 is 0 Å². The second-order valence-corrected chi connectivity index (χ2v) is 5.80. The molecule has 0 saturated carbocycles. The van der Waals surface area contributed by atoms with Crippen molar-refractivity contribution in [3.05, 3.63) is 0 Å². The van der Waals surface area contributed by atoms with Gasteiger partial charge < -0.3 is 9.79 Å². The summed E-state index contributed by atoms with van der Waals surface area (Å²) in [6.07, 6.45) is 7.72. The van der Waals surface area contributed by atoms with Gasteiger partial charge in [-0.15, -0.1) is 0 Å². The molecule has 0 bridgehead atoms. The SMILES string of the molecule is CCCCCCCC(CC)(CC)OP(=O)(O)O. The van der Waals surface area contributed by atoms with E-state index in [1.165, 1.54) is 19.3 Å². The number of hydrogen-bond acceptors (Lipinski definition) is 2. The third-order valence-corrected chi connectivity index (χ3v) is 3.96. The Hall–Kier alpha value is 0.110. The first-order valence-electron chi connectivity index (χ1n) is 6.65. The first-order chi connectivity index (χ1) is 7.89. The van der Waals surface area contributed by atoms with Gasteiger partial charge in [-0.3, -0.25) is 4.52 Å². The zero-order valence-electron chi connectivity index (χ0n) is 11.3. The van der Waals surface area contributed by atoms with Crippen molar-refractivity contribution in [3.63, 3.8) is 0 Å². The molecule has 0 atom stereocenters. The molecule has 2 N–H and O–H groups in total. The fourth-order valence-electron chi connectivity index (χ4n) is 2.08. The molecule has 0 fully saturated rings. The number of phosphoric acid groups is 1. The molecule has 5 heteroatoms. The van der Waals surface area contributed by atoms with Gasteiger partial charge >= 0.3 is 7.82 Å². The Morgan fingerprint density at radius 3 is 1.94 bits per heavy atom. The zero-order chi connectivity index (χ0) is 13.4. The van der Waals surface area contributed by atoms with Crippen LogP contribution in [-0.2, 0) is 9.09 Å². The maximum absolute atomic E-state index is 11.0. The van der Waals surface area contributed by atoms with Gasteiger partial charge in [0.15, 0.2) is 0 Å². The van der Waals surface area contributed by atoms with Crippen LogP contribution in [0.5, 0.6) is 0 Å². The summed E-state index contributed by atoms with van der Waals surface area (Å²) >= 11 is 0. The molecule has 0 aromatic rings. The molecule has 0 aliphatic carbocycles. The van der Waals surface area contributed by atoms with E-state index in [1.807, 2.05) is 13.8 Å². The van der Waals surface area contributed by atoms with Crippen molar-refractivity contribution in [2.45, 2.75) is 77.7 Å². The van der Waals surface area contributed by atoms with E-state index < -0.39 is 13.4 Å². The zero-order valence-corrected chi connectivity index (χ0v) is 12.2. The highest BCUT2D eigenvalue weighted by Gasteiger charge is 2.34. The minimum Gasteiger partial charge on any atom is -0.303 e. The van der Waals surface area contributed by atoms with Gasteiger partial charge in [-0.05, 0) is 19.3 Å². The molecule has 0 rings (SSSR count). The molecule has 0 aliphatic rings. The molecule has 0 aromatic heterocycles. The summed E-state index contributed by atoms with van der Waals surface area (Å²) in [5.74, 6) is 0. The normalized spacial score (nSPS) is 13.0. The molecular weight excluding hydrogens is 239 g/mol. The lowest BCUT2D eigenvalue weighted by Crippen LogP contribution is -2.29. The first-order valence-corrected chi connectivity index (χ1v) is 8.18. The molecule has 0 spiro atoms. The second kappa shape index (κ2) is 8.25. The van der Waals surface area contributed by atoms with Gasteiger partial charge in [0.25, 0.3) is 0 Å². The highest BCUT2D eigenvalue weighted by molar-refractivity contribution is 7.46. The fraction of sp³-hybridized carbons (Fsp3) is 1.00. The lowest BCUT2D eigenvalue weighted by atomic mass is 9.90. The molecule has 0 unspecified atom stereocenters. The number of rotatable bonds is 10. The van der Waals surface area contributed by atoms with E-state index in [9.17, 15) is 4.57 Å². The van der Waals surface area contributed by atoms with Crippen LogP contribution in [0, 0.1) is 0 Å². The van der Waals surface area contributed by atoms with Gasteiger partial charge in [-0.1, -0.05) is 52.9 Å². The lowest BCUT2D eigenvalue weighted by molar-refractivity contribution is 0.0173. The van der Waals surface area contributed by atoms with Crippen LogP contribution in [-0.4, -0.2) is 15.4 Å². The van der Waals surface area contributed by atoms with Crippen molar-refractivity contribution >= 4 is 7.82 Å². The van der Waals surface area contributed by atoms with Crippen LogP contribution in [0.25, 0.3) is 0 Å². The first kappa shape index (κ1) is 17.1. The monoisotopic (exact) mass is 266 g/mol. The lowest BCUT2D eigenvalue weighted by Gasteiger charge is -2.31. The van der Waals surface area contributed by atoms with Crippen LogP contribution in [0.15, 0.2) is 0 Å². The molecular formula is C12H27O4P. The van der Waals surface area contributed by atoms with E-state index in [2.05, 4.69) is 6.92 Å². The van der Waals surface area contributed by atoms with Crippen LogP contribution >= 0.6 is 7.82 Å². The molecule has 0 amide bonds. The quantitative estimate of drug-likeness (QED) is 0.463. The van der Waals surface area contributed by atoms with Crippen molar-refractivity contribution in [1.29, 1.82) is 0 Å². The third-order valence-electron chi connectivity index (χ3n) is 3.34. The number of hydrogen-bond donors (Lipinski definition) is 2. The van der Waals surface area contributed by atoms with E-state index in [-0.39, 0.29) is 0 Å². The van der Waals surface area contributed by atoms with Gasteiger partial charge in [0, 0.05) is 0 Å². The van der Waals surface area contributed by atoms with Crippen LogP contribution in [0.4, 0.5) is 0 Å². The molecule has 17 heavy (non-hydrogen) atoms. The van der Waals surface area contributed by atoms with Crippen molar-refractivity contribution < 1.29 is 18.9 Å². The predicted molar refractivity (Wildman–Crippen MR) is 69.8 cm³/mol. The van der Waals surface area contributed by atoms with Crippen molar-refractivity contribution in [3.8, 4) is 0 Å². The van der Waals surface area contributed by atoms with Crippen molar-refractivity contribution in [2.75, 3.05) is 0 Å². The van der Waals surface area contributed by atoms with Crippen LogP contribution in [0.1, 0.15) is 72.1 Å². The molecule has 4 nitrogen and oxygen atoms in total. The summed E-state index contributed by atoms with van der Waals surface area (Å²) in [4.78, 5) is 17.9. The molecule has 0 aromatic carbocycles. The highest BCUT2D eigenvalue weighted by Crippen LogP contribution is 2.45. The second-order valence-electron chi connectivity index (χ2n) is 4.64. The molecule has 0 radical (unpaired) electrons. The summed E-state index contributed by atoms with van der Waals surface area (Å²) < 4.78 is 16.0. The van der Waals surface area contributed by atoms with Crippen molar-refractivity contribution in [2.24, 2.45) is 0 Å². The van der Waals surface area contributed by atoms with E-state index in [0.29, 0.717) is 12.8 Å². The maximum Gasteiger partial charge on any atom is 0.470 e. The average molecular weight is 266 g/mol. The minimum atomic E-state index is -4.38. The summed E-state index contributed by atoms with van der Waals surface area (Å²) in [5, 5.41) is 0. The third kappa shape index (κ3) is 7.93. The van der Waals surface area contributed by atoms with Crippen molar-refractivity contribution in [1.82, 2.24) is 0 Å². The Balaban J connectivity index is 4.17. The fourth-order valence-corrected chi connectivity index (χ4v) is 2.94. The van der Waals surface area contributed by atoms with Gasteiger partial charge in [-0.2, -0.15) is 0 Å². The number of unbranched alkanes of at least 4 members (excludes halogenated alkanes) is 4. The van der Waals surface area contributed by atoms with Gasteiger partial charge in [0.05, 0.1) is 5.60 Å². The van der Waals surface area contributed by atoms with E-state index in [1.54, 1.807) is 0 Å². The summed E-state index contributed by atoms with van der Waals surface area (Å²) in [6.45, 7) is 6.01. The average Bonchev–Trinajstić information content (AvgIpc) is 2.25. The maximum atomic E-state index is 11.0. The summed E-state index contributed by atoms with van der Waals surface area (Å²) in [7, 11) is -4.38. The molecule has 104 valence electrons. The predicted octanol–water partition coefficient (Wildman–Crippen LogP) is 4.02. The smallest absolute Gasteiger partial charge is 0.303 e. The van der Waals surface area contributed by atoms with Crippen LogP contribution in [0.3, 0.4) is 0 Å². The van der Waals surface area contributed by atoms with Crippen LogP contribution in [0.2, 0.25) is 0 Å². The topological polar surface area (TPSA) is 66.8 Å². The Morgan fingerprint density at radius 2 is 1.53 bits per heavy atom. The van der Waals surface area contributed by atoms with Gasteiger partial charge in [-0.25, -0.2) is 4.57 Å². The Bertz CT molecular complexity index is 233. The standard InChI is InChI=1S/C12H27O4P/c1-4-7-8-9-10-11-12(5-2,6-3)16-17(13,14)15/h4-11H2,1-3H3,(H2,13,14,15). The van der Waals surface area contributed by atoms with E-state index >= 15 is 0 Å². The van der Waals surface area contributed by atoms with E-state index in [0.717, 1.165) is 19.3 Å². The summed E-state index contributed by atoms with van der Waals surface area (Å²) in [5.41, 5.74) is -0.648. The highest BCUT2D eigenvalue weighted by atomic mass is 31.2. The van der Waals surface area contributed by atoms with Gasteiger partial charge in [0.1, 0.15) is 0 Å². The largest absolute Gasteiger partial charge is 0.470 e. The summed E-state index contributed by atoms with van der Waals surface area (Å²) in [6, 6.07) is 0. The Labute approximate surface area is 105 Å². The Kier molecular flexibility index (Phi) is 8.31. The number of phosphoric ester groups is 1. The Morgan fingerprint density at radius 1 is 1.00 bits per heavy atom. The van der Waals surface area contributed by atoms with Gasteiger partial charge in [0.2, 0.25) is 0 Å². The van der Waals surface area contributed by atoms with E-state index in [4.69, 9.17) is 14.3 Å². The molecule has 0 heterocycles.